The molecule has 0 amide bonds. The van der Waals surface area contributed by atoms with Gasteiger partial charge in [-0.15, -0.1) is 0 Å². The quantitative estimate of drug-likeness (QED) is 0.827. The monoisotopic (exact) mass is 259 g/mol. The van der Waals surface area contributed by atoms with E-state index in [1.165, 1.54) is 11.1 Å². The molecular weight excluding hydrogens is 238 g/mol. The maximum absolute atomic E-state index is 12.3. The van der Waals surface area contributed by atoms with Crippen LogP contribution in [0.5, 0.6) is 0 Å². The van der Waals surface area contributed by atoms with Crippen molar-refractivity contribution < 1.29 is 9.53 Å². The Kier molecular flexibility index (Phi) is 3.09. The highest BCUT2D eigenvalue weighted by atomic mass is 16.5. The van der Waals surface area contributed by atoms with E-state index in [2.05, 4.69) is 24.3 Å². The average Bonchev–Trinajstić information content (AvgIpc) is 2.63. The van der Waals surface area contributed by atoms with Gasteiger partial charge in [-0.05, 0) is 55.6 Å². The summed E-state index contributed by atoms with van der Waals surface area (Å²) in [6.45, 7) is 2.25. The maximum Gasteiger partial charge on any atom is 0.326 e. The molecule has 1 aromatic rings. The summed E-state index contributed by atoms with van der Waals surface area (Å²) >= 11 is 0. The van der Waals surface area contributed by atoms with Crippen molar-refractivity contribution >= 4 is 5.97 Å². The molecule has 3 nitrogen and oxygen atoms in total. The van der Waals surface area contributed by atoms with Crippen LogP contribution in [0.1, 0.15) is 30.9 Å². The second-order valence-corrected chi connectivity index (χ2v) is 5.80. The van der Waals surface area contributed by atoms with Crippen LogP contribution in [0.25, 0.3) is 0 Å². The normalized spacial score (nSPS) is 32.5. The summed E-state index contributed by atoms with van der Waals surface area (Å²) in [6.07, 6.45) is 3.88. The molecule has 3 rings (SSSR count). The molecule has 2 bridgehead atoms. The summed E-state index contributed by atoms with van der Waals surface area (Å²) < 4.78 is 5.26. The Morgan fingerprint density at radius 2 is 1.79 bits per heavy atom. The number of hydrogen-bond donors (Lipinski definition) is 1. The lowest BCUT2D eigenvalue weighted by atomic mass is 9.80. The van der Waals surface area contributed by atoms with Gasteiger partial charge in [-0.1, -0.05) is 24.3 Å². The Morgan fingerprint density at radius 1 is 1.26 bits per heavy atom. The van der Waals surface area contributed by atoms with Gasteiger partial charge in [0.15, 0.2) is 0 Å². The Morgan fingerprint density at radius 3 is 2.26 bits per heavy atom. The molecule has 0 spiro atoms. The first-order chi connectivity index (χ1) is 9.16. The molecular formula is C16H21NO2. The molecule has 0 aromatic heterocycles. The number of benzene rings is 1. The van der Waals surface area contributed by atoms with Gasteiger partial charge >= 0.3 is 5.97 Å². The van der Waals surface area contributed by atoms with E-state index in [0.717, 1.165) is 25.7 Å². The lowest BCUT2D eigenvalue weighted by Gasteiger charge is -2.32. The predicted octanol–water partition coefficient (Wildman–Crippen LogP) is 2.07. The van der Waals surface area contributed by atoms with E-state index in [1.54, 1.807) is 0 Å². The van der Waals surface area contributed by atoms with Crippen molar-refractivity contribution in [1.82, 2.24) is 0 Å². The molecule has 1 saturated carbocycles. The smallest absolute Gasteiger partial charge is 0.326 e. The lowest BCUT2D eigenvalue weighted by Crippen LogP contribution is -2.57. The number of carbonyl (C=O) groups excluding carboxylic acids is 1. The zero-order chi connectivity index (χ0) is 13.5. The highest BCUT2D eigenvalue weighted by Crippen LogP contribution is 2.46. The van der Waals surface area contributed by atoms with Crippen molar-refractivity contribution in [3.8, 4) is 0 Å². The molecule has 102 valence electrons. The second kappa shape index (κ2) is 4.64. The molecule has 0 aliphatic heterocycles. The highest BCUT2D eigenvalue weighted by Gasteiger charge is 2.54. The minimum atomic E-state index is -0.783. The number of rotatable bonds is 2. The third-order valence-corrected chi connectivity index (χ3v) is 4.89. The van der Waals surface area contributed by atoms with Crippen LogP contribution < -0.4 is 5.73 Å². The van der Waals surface area contributed by atoms with Crippen LogP contribution in [0.2, 0.25) is 0 Å². The third-order valence-electron chi connectivity index (χ3n) is 4.89. The molecule has 2 unspecified atom stereocenters. The molecule has 2 aliphatic carbocycles. The van der Waals surface area contributed by atoms with Crippen molar-refractivity contribution in [2.45, 2.75) is 38.1 Å². The standard InChI is InChI=1S/C16H21NO2/c1-2-19-15(18)16(17)13-7-8-14(16)10-12-6-4-3-5-11(12)9-13/h3-6,13-14H,2,7-10,17H2,1H3. The van der Waals surface area contributed by atoms with Crippen molar-refractivity contribution in [2.75, 3.05) is 6.61 Å². The molecule has 1 fully saturated rings. The van der Waals surface area contributed by atoms with Gasteiger partial charge in [-0.3, -0.25) is 4.79 Å². The van der Waals surface area contributed by atoms with Crippen LogP contribution in [-0.2, 0) is 22.4 Å². The van der Waals surface area contributed by atoms with Crippen molar-refractivity contribution in [3.05, 3.63) is 35.4 Å². The van der Waals surface area contributed by atoms with Crippen LogP contribution >= 0.6 is 0 Å². The largest absolute Gasteiger partial charge is 0.465 e. The molecule has 0 radical (unpaired) electrons. The minimum Gasteiger partial charge on any atom is -0.465 e. The Balaban J connectivity index is 1.97. The lowest BCUT2D eigenvalue weighted by molar-refractivity contribution is -0.153. The summed E-state index contributed by atoms with van der Waals surface area (Å²) in [5, 5.41) is 0. The highest BCUT2D eigenvalue weighted by molar-refractivity contribution is 5.82. The summed E-state index contributed by atoms with van der Waals surface area (Å²) in [6, 6.07) is 8.48. The molecule has 0 heterocycles. The summed E-state index contributed by atoms with van der Waals surface area (Å²) in [4.78, 5) is 12.3. The summed E-state index contributed by atoms with van der Waals surface area (Å²) in [5.74, 6) is 0.246. The van der Waals surface area contributed by atoms with Gasteiger partial charge in [0.25, 0.3) is 0 Å². The fraction of sp³-hybridized carbons (Fsp3) is 0.562. The van der Waals surface area contributed by atoms with E-state index in [0.29, 0.717) is 6.61 Å². The number of hydrogen-bond acceptors (Lipinski definition) is 3. The minimum absolute atomic E-state index is 0.199. The molecule has 2 atom stereocenters. The topological polar surface area (TPSA) is 52.3 Å². The van der Waals surface area contributed by atoms with E-state index < -0.39 is 5.54 Å². The zero-order valence-corrected chi connectivity index (χ0v) is 11.4. The summed E-state index contributed by atoms with van der Waals surface area (Å²) in [5.41, 5.74) is 8.47. The van der Waals surface area contributed by atoms with E-state index in [-0.39, 0.29) is 17.8 Å². The fourth-order valence-electron chi connectivity index (χ4n) is 3.83. The van der Waals surface area contributed by atoms with E-state index in [9.17, 15) is 4.79 Å². The van der Waals surface area contributed by atoms with Crippen LogP contribution in [-0.4, -0.2) is 18.1 Å². The number of esters is 1. The van der Waals surface area contributed by atoms with Gasteiger partial charge in [0.1, 0.15) is 5.54 Å². The van der Waals surface area contributed by atoms with Gasteiger partial charge in [-0.25, -0.2) is 0 Å². The predicted molar refractivity (Wildman–Crippen MR) is 73.6 cm³/mol. The average molecular weight is 259 g/mol. The van der Waals surface area contributed by atoms with Gasteiger partial charge in [0, 0.05) is 0 Å². The first-order valence-corrected chi connectivity index (χ1v) is 7.19. The molecule has 3 heteroatoms. The Hall–Kier alpha value is -1.35. The molecule has 2 aliphatic rings. The van der Waals surface area contributed by atoms with Crippen LogP contribution in [0, 0.1) is 11.8 Å². The van der Waals surface area contributed by atoms with E-state index in [1.807, 2.05) is 6.92 Å². The second-order valence-electron chi connectivity index (χ2n) is 5.80. The van der Waals surface area contributed by atoms with Crippen LogP contribution in [0.4, 0.5) is 0 Å². The Bertz CT molecular complexity index is 464. The van der Waals surface area contributed by atoms with Gasteiger partial charge < -0.3 is 10.5 Å². The van der Waals surface area contributed by atoms with Crippen LogP contribution in [0.15, 0.2) is 24.3 Å². The van der Waals surface area contributed by atoms with Crippen molar-refractivity contribution in [1.29, 1.82) is 0 Å². The Labute approximate surface area is 114 Å². The molecule has 19 heavy (non-hydrogen) atoms. The number of nitrogens with two attached hydrogens (primary N) is 1. The molecule has 0 saturated heterocycles. The van der Waals surface area contributed by atoms with Crippen LogP contribution in [0.3, 0.4) is 0 Å². The van der Waals surface area contributed by atoms with E-state index in [4.69, 9.17) is 10.5 Å². The third kappa shape index (κ3) is 1.88. The first kappa shape index (κ1) is 12.7. The van der Waals surface area contributed by atoms with Crippen molar-refractivity contribution in [3.63, 3.8) is 0 Å². The van der Waals surface area contributed by atoms with Crippen molar-refractivity contribution in [2.24, 2.45) is 17.6 Å². The van der Waals surface area contributed by atoms with Gasteiger partial charge in [0.2, 0.25) is 0 Å². The molecule has 1 aromatic carbocycles. The SMILES string of the molecule is CCOC(=O)C1(N)C2CCC1Cc1ccccc1C2. The summed E-state index contributed by atoms with van der Waals surface area (Å²) in [7, 11) is 0. The first-order valence-electron chi connectivity index (χ1n) is 7.19. The zero-order valence-electron chi connectivity index (χ0n) is 11.4. The maximum atomic E-state index is 12.3. The van der Waals surface area contributed by atoms with Gasteiger partial charge in [-0.2, -0.15) is 0 Å². The fourth-order valence-corrected chi connectivity index (χ4v) is 3.83. The number of carbonyl (C=O) groups is 1. The number of fused-ring (bicyclic) bond motifs is 3. The van der Waals surface area contributed by atoms with E-state index >= 15 is 0 Å². The molecule has 2 N–H and O–H groups in total. The number of ether oxygens (including phenoxy) is 1. The van der Waals surface area contributed by atoms with Gasteiger partial charge in [0.05, 0.1) is 6.61 Å².